The van der Waals surface area contributed by atoms with Gasteiger partial charge in [0.05, 0.1) is 0 Å². The molecule has 72 valence electrons. The molecule has 0 N–H and O–H groups in total. The molecule has 3 nitrogen and oxygen atoms in total. The van der Waals surface area contributed by atoms with Crippen LogP contribution in [-0.2, 0) is 14.3 Å². The van der Waals surface area contributed by atoms with E-state index in [0.29, 0.717) is 6.42 Å². The predicted octanol–water partition coefficient (Wildman–Crippen LogP) is 1.45. The minimum Gasteiger partial charge on any atom is -0.451 e. The molecule has 2 atom stereocenters. The van der Waals surface area contributed by atoms with Crippen LogP contribution in [0.4, 0.5) is 0 Å². The van der Waals surface area contributed by atoms with Crippen molar-refractivity contribution in [3.8, 4) is 0 Å². The van der Waals surface area contributed by atoms with Crippen LogP contribution in [0.2, 0.25) is 0 Å². The second-order valence-electron chi connectivity index (χ2n) is 4.03. The summed E-state index contributed by atoms with van der Waals surface area (Å²) >= 11 is 0. The molecule has 0 amide bonds. The first-order chi connectivity index (χ1) is 6.27. The Labute approximate surface area is 77.4 Å². The van der Waals surface area contributed by atoms with E-state index in [2.05, 4.69) is 0 Å². The third kappa shape index (κ3) is 1.36. The monoisotopic (exact) mass is 182 g/mol. The summed E-state index contributed by atoms with van der Waals surface area (Å²) in [6, 6.07) is 0. The molecule has 2 rings (SSSR count). The maximum atomic E-state index is 11.1. The van der Waals surface area contributed by atoms with E-state index < -0.39 is 5.60 Å². The van der Waals surface area contributed by atoms with Crippen molar-refractivity contribution in [3.05, 3.63) is 0 Å². The van der Waals surface area contributed by atoms with Gasteiger partial charge in [-0.15, -0.1) is 0 Å². The highest BCUT2D eigenvalue weighted by Gasteiger charge is 2.46. The number of hydrogen-bond acceptors (Lipinski definition) is 3. The second-order valence-corrected chi connectivity index (χ2v) is 4.03. The van der Waals surface area contributed by atoms with Gasteiger partial charge in [0, 0.05) is 12.3 Å². The number of hydrogen-bond donors (Lipinski definition) is 0. The van der Waals surface area contributed by atoms with Gasteiger partial charge in [0.1, 0.15) is 0 Å². The molecule has 3 heteroatoms. The molecule has 0 spiro atoms. The summed E-state index contributed by atoms with van der Waals surface area (Å²) in [5.74, 6) is 0.0849. The Morgan fingerprint density at radius 2 is 2.23 bits per heavy atom. The minimum atomic E-state index is -0.742. The van der Waals surface area contributed by atoms with Crippen LogP contribution < -0.4 is 0 Å². The average Bonchev–Trinajstić information content (AvgIpc) is 2.17. The largest absolute Gasteiger partial charge is 0.451 e. The number of esters is 1. The lowest BCUT2D eigenvalue weighted by molar-refractivity contribution is -0.181. The second kappa shape index (κ2) is 3.13. The van der Waals surface area contributed by atoms with Gasteiger partial charge in [0.15, 0.2) is 11.9 Å². The van der Waals surface area contributed by atoms with E-state index in [0.717, 1.165) is 38.4 Å². The zero-order valence-electron chi connectivity index (χ0n) is 7.62. The summed E-state index contributed by atoms with van der Waals surface area (Å²) in [7, 11) is 0. The number of aldehydes is 1. The lowest BCUT2D eigenvalue weighted by Crippen LogP contribution is -2.49. The third-order valence-corrected chi connectivity index (χ3v) is 3.26. The van der Waals surface area contributed by atoms with Crippen LogP contribution in [-0.4, -0.2) is 17.9 Å². The fourth-order valence-electron chi connectivity index (χ4n) is 2.50. The Kier molecular flexibility index (Phi) is 2.10. The Hall–Kier alpha value is -0.860. The molecule has 2 aliphatic rings. The van der Waals surface area contributed by atoms with Crippen LogP contribution >= 0.6 is 0 Å². The lowest BCUT2D eigenvalue weighted by atomic mass is 9.72. The van der Waals surface area contributed by atoms with Crippen LogP contribution in [0.5, 0.6) is 0 Å². The van der Waals surface area contributed by atoms with Crippen LogP contribution in [0, 0.1) is 5.92 Å². The maximum absolute atomic E-state index is 11.1. The molecular weight excluding hydrogens is 168 g/mol. The smallest absolute Gasteiger partial charge is 0.306 e. The minimum absolute atomic E-state index is 0.203. The molecule has 1 heterocycles. The highest BCUT2D eigenvalue weighted by molar-refractivity contribution is 5.76. The Balaban J connectivity index is 2.21. The van der Waals surface area contributed by atoms with Gasteiger partial charge in [-0.1, -0.05) is 6.42 Å². The maximum Gasteiger partial charge on any atom is 0.306 e. The molecule has 1 saturated carbocycles. The molecule has 1 aliphatic heterocycles. The number of carbonyl (C=O) groups excluding carboxylic acids is 2. The van der Waals surface area contributed by atoms with Gasteiger partial charge in [-0.05, 0) is 25.7 Å². The van der Waals surface area contributed by atoms with Crippen molar-refractivity contribution < 1.29 is 14.3 Å². The number of ether oxygens (including phenoxy) is 1. The SMILES string of the molecule is O=C[C@]12CCCC[C@H]1CCC(=O)O2. The van der Waals surface area contributed by atoms with Crippen molar-refractivity contribution in [1.29, 1.82) is 0 Å². The molecule has 0 aromatic rings. The Bertz CT molecular complexity index is 236. The Morgan fingerprint density at radius 3 is 3.00 bits per heavy atom. The zero-order valence-corrected chi connectivity index (χ0v) is 7.62. The van der Waals surface area contributed by atoms with Crippen LogP contribution in [0.1, 0.15) is 38.5 Å². The normalized spacial score (nSPS) is 39.1. The van der Waals surface area contributed by atoms with E-state index in [4.69, 9.17) is 4.74 Å². The van der Waals surface area contributed by atoms with Gasteiger partial charge in [0.2, 0.25) is 0 Å². The lowest BCUT2D eigenvalue weighted by Gasteiger charge is -2.42. The Morgan fingerprint density at radius 1 is 1.38 bits per heavy atom. The molecule has 1 aliphatic carbocycles. The van der Waals surface area contributed by atoms with Crippen molar-refractivity contribution in [2.24, 2.45) is 5.92 Å². The van der Waals surface area contributed by atoms with Crippen molar-refractivity contribution in [2.45, 2.75) is 44.1 Å². The first-order valence-corrected chi connectivity index (χ1v) is 4.95. The van der Waals surface area contributed by atoms with E-state index in [-0.39, 0.29) is 11.9 Å². The number of fused-ring (bicyclic) bond motifs is 1. The molecule has 0 radical (unpaired) electrons. The summed E-state index contributed by atoms with van der Waals surface area (Å²) in [6.45, 7) is 0. The van der Waals surface area contributed by atoms with E-state index in [9.17, 15) is 9.59 Å². The van der Waals surface area contributed by atoms with Gasteiger partial charge in [0.25, 0.3) is 0 Å². The van der Waals surface area contributed by atoms with Crippen LogP contribution in [0.3, 0.4) is 0 Å². The van der Waals surface area contributed by atoms with Gasteiger partial charge in [-0.2, -0.15) is 0 Å². The van der Waals surface area contributed by atoms with Crippen molar-refractivity contribution in [1.82, 2.24) is 0 Å². The van der Waals surface area contributed by atoms with E-state index in [1.54, 1.807) is 0 Å². The van der Waals surface area contributed by atoms with Gasteiger partial charge >= 0.3 is 5.97 Å². The van der Waals surface area contributed by atoms with Gasteiger partial charge in [-0.25, -0.2) is 0 Å². The zero-order chi connectivity index (χ0) is 9.31. The molecule has 13 heavy (non-hydrogen) atoms. The topological polar surface area (TPSA) is 43.4 Å². The van der Waals surface area contributed by atoms with Gasteiger partial charge in [-0.3, -0.25) is 9.59 Å². The number of carbonyl (C=O) groups is 2. The molecule has 0 bridgehead atoms. The van der Waals surface area contributed by atoms with E-state index in [1.165, 1.54) is 0 Å². The summed E-state index contributed by atoms with van der Waals surface area (Å²) in [4.78, 5) is 22.1. The molecule has 0 aromatic carbocycles. The molecule has 0 unspecified atom stereocenters. The van der Waals surface area contributed by atoms with Crippen molar-refractivity contribution in [2.75, 3.05) is 0 Å². The molecule has 1 saturated heterocycles. The fraction of sp³-hybridized carbons (Fsp3) is 0.800. The van der Waals surface area contributed by atoms with Crippen LogP contribution in [0.15, 0.2) is 0 Å². The molecule has 0 aromatic heterocycles. The summed E-state index contributed by atoms with van der Waals surface area (Å²) in [5.41, 5.74) is -0.742. The third-order valence-electron chi connectivity index (χ3n) is 3.26. The quantitative estimate of drug-likeness (QED) is 0.455. The highest BCUT2D eigenvalue weighted by atomic mass is 16.6. The molecular formula is C10H14O3. The first-order valence-electron chi connectivity index (χ1n) is 4.95. The highest BCUT2D eigenvalue weighted by Crippen LogP contribution is 2.41. The van der Waals surface area contributed by atoms with Gasteiger partial charge < -0.3 is 4.74 Å². The molecule has 2 fully saturated rings. The fourth-order valence-corrected chi connectivity index (χ4v) is 2.50. The summed E-state index contributed by atoms with van der Waals surface area (Å²) < 4.78 is 5.22. The van der Waals surface area contributed by atoms with E-state index in [1.807, 2.05) is 0 Å². The number of rotatable bonds is 1. The standard InChI is InChI=1S/C10H14O3/c11-7-10-6-2-1-3-8(10)4-5-9(12)13-10/h7-8H,1-6H2/t8-,10+/m0/s1. The predicted molar refractivity (Wildman–Crippen MR) is 46.1 cm³/mol. The summed E-state index contributed by atoms with van der Waals surface area (Å²) in [5, 5.41) is 0. The van der Waals surface area contributed by atoms with Crippen molar-refractivity contribution >= 4 is 12.3 Å². The summed E-state index contributed by atoms with van der Waals surface area (Å²) in [6.07, 6.45) is 6.10. The van der Waals surface area contributed by atoms with Crippen LogP contribution in [0.25, 0.3) is 0 Å². The average molecular weight is 182 g/mol. The van der Waals surface area contributed by atoms with Crippen molar-refractivity contribution in [3.63, 3.8) is 0 Å². The van der Waals surface area contributed by atoms with E-state index >= 15 is 0 Å². The first kappa shape index (κ1) is 8.73.